The van der Waals surface area contributed by atoms with Crippen LogP contribution in [0.2, 0.25) is 0 Å². The summed E-state index contributed by atoms with van der Waals surface area (Å²) in [5.41, 5.74) is 8.86. The summed E-state index contributed by atoms with van der Waals surface area (Å²) in [6.45, 7) is 1.88. The van der Waals surface area contributed by atoms with E-state index < -0.39 is 5.97 Å². The number of aliphatic carboxylic acids is 1. The summed E-state index contributed by atoms with van der Waals surface area (Å²) in [6.07, 6.45) is 1.45. The molecule has 0 unspecified atom stereocenters. The second-order valence-electron chi connectivity index (χ2n) is 5.65. The van der Waals surface area contributed by atoms with Gasteiger partial charge in [0.05, 0.1) is 17.6 Å². The van der Waals surface area contributed by atoms with Crippen LogP contribution in [0.25, 0.3) is 5.52 Å². The van der Waals surface area contributed by atoms with Gasteiger partial charge in [-0.15, -0.1) is 0 Å². The number of pyridine rings is 1. The molecule has 0 bridgehead atoms. The van der Waals surface area contributed by atoms with Crippen LogP contribution >= 0.6 is 0 Å². The number of rotatable bonds is 4. The van der Waals surface area contributed by atoms with E-state index in [1.54, 1.807) is 10.6 Å². The van der Waals surface area contributed by atoms with Crippen molar-refractivity contribution in [1.82, 2.24) is 4.40 Å². The first-order chi connectivity index (χ1) is 11.4. The van der Waals surface area contributed by atoms with Gasteiger partial charge < -0.3 is 20.3 Å². The van der Waals surface area contributed by atoms with Gasteiger partial charge in [-0.05, 0) is 48.9 Å². The summed E-state index contributed by atoms with van der Waals surface area (Å²) in [5.74, 6) is -1.29. The van der Waals surface area contributed by atoms with Crippen LogP contribution in [0.1, 0.15) is 27.2 Å². The molecule has 6 nitrogen and oxygen atoms in total. The number of phenols is 1. The fourth-order valence-corrected chi connectivity index (χ4v) is 2.76. The Morgan fingerprint density at radius 1 is 1.17 bits per heavy atom. The number of anilines is 1. The number of nitrogen functional groups attached to an aromatic ring is 1. The quantitative estimate of drug-likeness (QED) is 0.639. The number of hydrogen-bond acceptors (Lipinski definition) is 4. The number of nitrogens with zero attached hydrogens (tertiary/aromatic N) is 1. The Balaban J connectivity index is 2.24. The number of aromatic hydroxyl groups is 1. The van der Waals surface area contributed by atoms with Gasteiger partial charge in [-0.25, -0.2) is 0 Å². The highest BCUT2D eigenvalue weighted by Gasteiger charge is 2.23. The lowest BCUT2D eigenvalue weighted by Crippen LogP contribution is -2.08. The zero-order valence-corrected chi connectivity index (χ0v) is 13.0. The second-order valence-corrected chi connectivity index (χ2v) is 5.65. The van der Waals surface area contributed by atoms with E-state index >= 15 is 0 Å². The summed E-state index contributed by atoms with van der Waals surface area (Å²) in [7, 11) is 0. The number of fused-ring (bicyclic) bond motifs is 1. The number of aromatic nitrogens is 1. The minimum Gasteiger partial charge on any atom is -0.508 e. The van der Waals surface area contributed by atoms with E-state index in [4.69, 9.17) is 10.8 Å². The van der Waals surface area contributed by atoms with Gasteiger partial charge in [0, 0.05) is 17.3 Å². The summed E-state index contributed by atoms with van der Waals surface area (Å²) >= 11 is 0. The van der Waals surface area contributed by atoms with Crippen molar-refractivity contribution in [3.05, 3.63) is 65.0 Å². The number of carbonyl (C=O) groups excluding carboxylic acids is 1. The van der Waals surface area contributed by atoms with Crippen molar-refractivity contribution in [2.24, 2.45) is 0 Å². The molecule has 2 heterocycles. The highest BCUT2D eigenvalue weighted by Crippen LogP contribution is 2.29. The van der Waals surface area contributed by atoms with E-state index in [0.717, 1.165) is 5.56 Å². The molecule has 0 aliphatic carbocycles. The number of aryl methyl sites for hydroxylation is 1. The first-order valence-electron chi connectivity index (χ1n) is 7.33. The molecule has 0 fully saturated rings. The third kappa shape index (κ3) is 2.58. The number of phenolic OH excluding ortho intramolecular Hbond substituents is 1. The van der Waals surface area contributed by atoms with E-state index in [-0.39, 0.29) is 29.3 Å². The van der Waals surface area contributed by atoms with Gasteiger partial charge in [0.2, 0.25) is 5.78 Å². The van der Waals surface area contributed by atoms with Crippen molar-refractivity contribution in [2.45, 2.75) is 13.3 Å². The largest absolute Gasteiger partial charge is 0.508 e. The van der Waals surface area contributed by atoms with Gasteiger partial charge in [0.1, 0.15) is 11.4 Å². The minimum atomic E-state index is -1.01. The van der Waals surface area contributed by atoms with Crippen molar-refractivity contribution >= 4 is 23.0 Å². The number of hydrogen-bond donors (Lipinski definition) is 3. The molecule has 4 N–H and O–H groups in total. The van der Waals surface area contributed by atoms with Gasteiger partial charge in [-0.3, -0.25) is 9.59 Å². The zero-order chi connectivity index (χ0) is 17.4. The minimum absolute atomic E-state index is 0.0572. The number of carboxylic acids is 1. The van der Waals surface area contributed by atoms with Crippen LogP contribution < -0.4 is 5.73 Å². The predicted molar refractivity (Wildman–Crippen MR) is 89.4 cm³/mol. The Bertz CT molecular complexity index is 955. The maximum atomic E-state index is 12.8. The lowest BCUT2D eigenvalue weighted by Gasteiger charge is -2.04. The van der Waals surface area contributed by atoms with Gasteiger partial charge in [0.25, 0.3) is 0 Å². The second kappa shape index (κ2) is 5.73. The van der Waals surface area contributed by atoms with Crippen LogP contribution in [-0.4, -0.2) is 26.4 Å². The number of carbonyl (C=O) groups is 2. The van der Waals surface area contributed by atoms with Crippen LogP contribution in [0, 0.1) is 6.92 Å². The van der Waals surface area contributed by atoms with Crippen molar-refractivity contribution < 1.29 is 19.8 Å². The number of carboxylic acid groups (broad SMARTS) is 1. The van der Waals surface area contributed by atoms with Gasteiger partial charge in [0.15, 0.2) is 0 Å². The lowest BCUT2D eigenvalue weighted by atomic mass is 10.1. The van der Waals surface area contributed by atoms with Crippen molar-refractivity contribution in [3.63, 3.8) is 0 Å². The zero-order valence-electron chi connectivity index (χ0n) is 13.0. The first-order valence-corrected chi connectivity index (χ1v) is 7.33. The van der Waals surface area contributed by atoms with Crippen LogP contribution in [0.4, 0.5) is 5.69 Å². The highest BCUT2D eigenvalue weighted by molar-refractivity contribution is 6.13. The Morgan fingerprint density at radius 3 is 2.46 bits per heavy atom. The van der Waals surface area contributed by atoms with Crippen LogP contribution in [0.15, 0.2) is 42.6 Å². The molecule has 0 spiro atoms. The molecule has 3 rings (SSSR count). The smallest absolute Gasteiger partial charge is 0.307 e. The number of benzene rings is 1. The van der Waals surface area contributed by atoms with Crippen molar-refractivity contribution in [2.75, 3.05) is 5.73 Å². The summed E-state index contributed by atoms with van der Waals surface area (Å²) in [5, 5.41) is 18.5. The fourth-order valence-electron chi connectivity index (χ4n) is 2.76. The molecule has 3 aromatic rings. The Hall–Kier alpha value is -3.28. The molecular weight excluding hydrogens is 308 g/mol. The molecular formula is C18H16N2O4. The normalized spacial score (nSPS) is 10.9. The molecule has 0 aliphatic heterocycles. The first kappa shape index (κ1) is 15.6. The van der Waals surface area contributed by atoms with Crippen LogP contribution in [-0.2, 0) is 11.2 Å². The van der Waals surface area contributed by atoms with E-state index in [0.29, 0.717) is 16.6 Å². The van der Waals surface area contributed by atoms with Gasteiger partial charge in [-0.1, -0.05) is 0 Å². The standard InChI is InChI=1S/C18H16N2O4/c1-10-6-7-20-14(8-10)13(9-15(22)23)16(19)17(20)18(24)11-2-4-12(21)5-3-11/h2-8,21H,9,19H2,1H3,(H,22,23). The van der Waals surface area contributed by atoms with Crippen LogP contribution in [0.5, 0.6) is 5.75 Å². The average molecular weight is 324 g/mol. The van der Waals surface area contributed by atoms with E-state index in [1.807, 2.05) is 19.1 Å². The Morgan fingerprint density at radius 2 is 1.83 bits per heavy atom. The third-order valence-electron chi connectivity index (χ3n) is 3.91. The fraction of sp³-hybridized carbons (Fsp3) is 0.111. The molecule has 0 amide bonds. The van der Waals surface area contributed by atoms with Crippen LogP contribution in [0.3, 0.4) is 0 Å². The van der Waals surface area contributed by atoms with Gasteiger partial charge >= 0.3 is 5.97 Å². The summed E-state index contributed by atoms with van der Waals surface area (Å²) < 4.78 is 1.62. The molecule has 6 heteroatoms. The SMILES string of the molecule is Cc1ccn2c(C(=O)c3ccc(O)cc3)c(N)c(CC(=O)O)c2c1. The van der Waals surface area contributed by atoms with E-state index in [9.17, 15) is 14.7 Å². The topological polar surface area (TPSA) is 105 Å². The summed E-state index contributed by atoms with van der Waals surface area (Å²) in [4.78, 5) is 24.0. The highest BCUT2D eigenvalue weighted by atomic mass is 16.4. The molecule has 1 aromatic carbocycles. The summed E-state index contributed by atoms with van der Waals surface area (Å²) in [6, 6.07) is 9.47. The molecule has 122 valence electrons. The molecule has 0 saturated heterocycles. The van der Waals surface area contributed by atoms with Crippen molar-refractivity contribution in [3.8, 4) is 5.75 Å². The maximum absolute atomic E-state index is 12.8. The maximum Gasteiger partial charge on any atom is 0.307 e. The Labute approximate surface area is 137 Å². The third-order valence-corrected chi connectivity index (χ3v) is 3.91. The van der Waals surface area contributed by atoms with E-state index in [1.165, 1.54) is 24.3 Å². The molecule has 0 atom stereocenters. The van der Waals surface area contributed by atoms with Gasteiger partial charge in [-0.2, -0.15) is 0 Å². The number of nitrogens with two attached hydrogens (primary N) is 1. The molecule has 2 aromatic heterocycles. The average Bonchev–Trinajstić information content (AvgIpc) is 2.79. The number of ketones is 1. The molecule has 0 saturated carbocycles. The lowest BCUT2D eigenvalue weighted by molar-refractivity contribution is -0.136. The predicted octanol–water partition coefficient (Wildman–Crippen LogP) is 2.39. The molecule has 0 radical (unpaired) electrons. The van der Waals surface area contributed by atoms with E-state index in [2.05, 4.69) is 0 Å². The van der Waals surface area contributed by atoms with Crippen molar-refractivity contribution in [1.29, 1.82) is 0 Å². The molecule has 24 heavy (non-hydrogen) atoms. The monoisotopic (exact) mass is 324 g/mol. The molecule has 0 aliphatic rings. The Kier molecular flexibility index (Phi) is 3.73.